The van der Waals surface area contributed by atoms with Crippen molar-refractivity contribution in [2.24, 2.45) is 0 Å². The molecule has 154 valence electrons. The average Bonchev–Trinajstić information content (AvgIpc) is 2.74. The average molecular weight is 399 g/mol. The van der Waals surface area contributed by atoms with Crippen molar-refractivity contribution >= 4 is 17.7 Å². The predicted molar refractivity (Wildman–Crippen MR) is 108 cm³/mol. The summed E-state index contributed by atoms with van der Waals surface area (Å²) in [5.74, 6) is -0.507. The van der Waals surface area contributed by atoms with Crippen molar-refractivity contribution < 1.29 is 23.9 Å². The number of benzene rings is 2. The van der Waals surface area contributed by atoms with Gasteiger partial charge in [-0.3, -0.25) is 25.2 Å². The Hall–Kier alpha value is -3.55. The van der Waals surface area contributed by atoms with E-state index in [-0.39, 0.29) is 18.0 Å². The van der Waals surface area contributed by atoms with Crippen molar-refractivity contribution in [2.45, 2.75) is 20.3 Å². The van der Waals surface area contributed by atoms with Crippen LogP contribution in [0.1, 0.15) is 39.6 Å². The zero-order valence-electron chi connectivity index (χ0n) is 16.7. The van der Waals surface area contributed by atoms with Gasteiger partial charge in [-0.1, -0.05) is 24.6 Å². The highest BCUT2D eigenvalue weighted by Gasteiger charge is 2.13. The van der Waals surface area contributed by atoms with Gasteiger partial charge in [-0.2, -0.15) is 0 Å². The Morgan fingerprint density at radius 1 is 0.897 bits per heavy atom. The lowest BCUT2D eigenvalue weighted by Gasteiger charge is -2.12. The Balaban J connectivity index is 1.84. The summed E-state index contributed by atoms with van der Waals surface area (Å²) in [5, 5.41) is 2.49. The maximum Gasteiger partial charge on any atom is 0.269 e. The third-order valence-corrected chi connectivity index (χ3v) is 3.93. The Labute approximate surface area is 169 Å². The van der Waals surface area contributed by atoms with E-state index in [0.717, 1.165) is 12.0 Å². The van der Waals surface area contributed by atoms with Crippen LogP contribution in [0.3, 0.4) is 0 Å². The van der Waals surface area contributed by atoms with Gasteiger partial charge in [0, 0.05) is 11.1 Å². The summed E-state index contributed by atoms with van der Waals surface area (Å²) in [7, 11) is 1.48. The first-order valence-corrected chi connectivity index (χ1v) is 9.19. The molecule has 3 N–H and O–H groups in total. The lowest BCUT2D eigenvalue weighted by atomic mass is 10.1. The largest absolute Gasteiger partial charge is 0.493 e. The number of hydrogen-bond donors (Lipinski definition) is 3. The Bertz CT molecular complexity index is 865. The van der Waals surface area contributed by atoms with Gasteiger partial charge >= 0.3 is 0 Å². The smallest absolute Gasteiger partial charge is 0.269 e. The van der Waals surface area contributed by atoms with Gasteiger partial charge in [-0.05, 0) is 43.7 Å². The number of nitrogens with one attached hydrogen (secondary N) is 3. The van der Waals surface area contributed by atoms with Gasteiger partial charge in [0.2, 0.25) is 0 Å². The van der Waals surface area contributed by atoms with Gasteiger partial charge in [0.25, 0.3) is 17.7 Å². The second kappa shape index (κ2) is 10.7. The van der Waals surface area contributed by atoms with Crippen LogP contribution < -0.4 is 25.6 Å². The van der Waals surface area contributed by atoms with Crippen LogP contribution in [0.15, 0.2) is 42.5 Å². The maximum atomic E-state index is 12.2. The minimum absolute atomic E-state index is 0.278. The maximum absolute atomic E-state index is 12.2. The number of hydrazine groups is 1. The number of ether oxygens (including phenoxy) is 2. The van der Waals surface area contributed by atoms with Crippen LogP contribution in [0.4, 0.5) is 0 Å². The van der Waals surface area contributed by atoms with Crippen LogP contribution in [0.2, 0.25) is 0 Å². The molecule has 3 amide bonds. The van der Waals surface area contributed by atoms with Gasteiger partial charge in [0.05, 0.1) is 20.3 Å². The summed E-state index contributed by atoms with van der Waals surface area (Å²) in [6.07, 6.45) is 0.845. The second-order valence-corrected chi connectivity index (χ2v) is 6.27. The Kier molecular flexibility index (Phi) is 8.02. The molecule has 8 heteroatoms. The molecule has 0 saturated heterocycles. The third kappa shape index (κ3) is 6.53. The van der Waals surface area contributed by atoms with Crippen molar-refractivity contribution in [3.05, 3.63) is 59.2 Å². The number of carbonyl (C=O) groups excluding carboxylic acids is 3. The SMILES string of the molecule is CCCOc1ccc(C(=O)NNC(=O)CNC(=O)c2ccc(C)cc2)cc1OC. The molecule has 0 spiro atoms. The fraction of sp³-hybridized carbons (Fsp3) is 0.286. The van der Waals surface area contributed by atoms with Crippen molar-refractivity contribution in [3.8, 4) is 11.5 Å². The number of amides is 3. The van der Waals surface area contributed by atoms with E-state index in [4.69, 9.17) is 9.47 Å². The van der Waals surface area contributed by atoms with Crippen LogP contribution in [0.5, 0.6) is 11.5 Å². The zero-order valence-corrected chi connectivity index (χ0v) is 16.7. The van der Waals surface area contributed by atoms with Gasteiger partial charge in [0.1, 0.15) is 0 Å². The third-order valence-electron chi connectivity index (χ3n) is 3.93. The first-order chi connectivity index (χ1) is 13.9. The molecule has 0 aliphatic heterocycles. The summed E-state index contributed by atoms with van der Waals surface area (Å²) in [6.45, 7) is 4.16. The number of aryl methyl sites for hydroxylation is 1. The summed E-state index contributed by atoms with van der Waals surface area (Å²) in [6, 6.07) is 11.7. The molecular weight excluding hydrogens is 374 g/mol. The molecule has 0 heterocycles. The van der Waals surface area contributed by atoms with E-state index in [1.165, 1.54) is 13.2 Å². The molecular formula is C21H25N3O5. The van der Waals surface area contributed by atoms with Crippen molar-refractivity contribution in [1.82, 2.24) is 16.2 Å². The van der Waals surface area contributed by atoms with E-state index in [9.17, 15) is 14.4 Å². The molecule has 0 bridgehead atoms. The highest BCUT2D eigenvalue weighted by atomic mass is 16.5. The first kappa shape index (κ1) is 21.7. The molecule has 8 nitrogen and oxygen atoms in total. The molecule has 2 aromatic carbocycles. The second-order valence-electron chi connectivity index (χ2n) is 6.27. The van der Waals surface area contributed by atoms with Crippen molar-refractivity contribution in [2.75, 3.05) is 20.3 Å². The van der Waals surface area contributed by atoms with Gasteiger partial charge in [-0.25, -0.2) is 0 Å². The van der Waals surface area contributed by atoms with Gasteiger partial charge in [0.15, 0.2) is 11.5 Å². The number of hydrogen-bond acceptors (Lipinski definition) is 5. The number of rotatable bonds is 8. The Morgan fingerprint density at radius 2 is 1.59 bits per heavy atom. The highest BCUT2D eigenvalue weighted by Crippen LogP contribution is 2.28. The molecule has 29 heavy (non-hydrogen) atoms. The van der Waals surface area contributed by atoms with E-state index in [2.05, 4.69) is 16.2 Å². The molecule has 0 aliphatic rings. The molecule has 0 atom stereocenters. The van der Waals surface area contributed by atoms with E-state index in [0.29, 0.717) is 23.7 Å². The molecule has 0 aromatic heterocycles. The summed E-state index contributed by atoms with van der Waals surface area (Å²) >= 11 is 0. The standard InChI is InChI=1S/C21H25N3O5/c1-4-11-29-17-10-9-16(12-18(17)28-3)21(27)24-23-19(25)13-22-20(26)15-7-5-14(2)6-8-15/h5-10,12H,4,11,13H2,1-3H3,(H,22,26)(H,23,25)(H,24,27). The zero-order chi connectivity index (χ0) is 21.2. The minimum atomic E-state index is -0.561. The fourth-order valence-electron chi connectivity index (χ4n) is 2.35. The highest BCUT2D eigenvalue weighted by molar-refractivity contribution is 5.98. The van der Waals surface area contributed by atoms with Crippen molar-refractivity contribution in [1.29, 1.82) is 0 Å². The van der Waals surface area contributed by atoms with Crippen LogP contribution in [-0.2, 0) is 4.79 Å². The number of carbonyl (C=O) groups is 3. The molecule has 0 aliphatic carbocycles. The minimum Gasteiger partial charge on any atom is -0.493 e. The van der Waals surface area contributed by atoms with Gasteiger partial charge < -0.3 is 14.8 Å². The lowest BCUT2D eigenvalue weighted by molar-refractivity contribution is -0.120. The van der Waals surface area contributed by atoms with Crippen molar-refractivity contribution in [3.63, 3.8) is 0 Å². The lowest BCUT2D eigenvalue weighted by Crippen LogP contribution is -2.46. The molecule has 0 radical (unpaired) electrons. The summed E-state index contributed by atoms with van der Waals surface area (Å²) < 4.78 is 10.8. The van der Waals surface area contributed by atoms with Gasteiger partial charge in [-0.15, -0.1) is 0 Å². The first-order valence-electron chi connectivity index (χ1n) is 9.19. The molecule has 0 fully saturated rings. The number of methoxy groups -OCH3 is 1. The fourth-order valence-corrected chi connectivity index (χ4v) is 2.35. The summed E-state index contributed by atoms with van der Waals surface area (Å²) in [4.78, 5) is 36.1. The quantitative estimate of drug-likeness (QED) is 0.589. The van der Waals surface area contributed by atoms with E-state index in [1.807, 2.05) is 26.0 Å². The van der Waals surface area contributed by atoms with E-state index >= 15 is 0 Å². The van der Waals surface area contributed by atoms with E-state index < -0.39 is 11.8 Å². The molecule has 2 aromatic rings. The van der Waals surface area contributed by atoms with E-state index in [1.54, 1.807) is 24.3 Å². The van der Waals surface area contributed by atoms with Crippen LogP contribution >= 0.6 is 0 Å². The van der Waals surface area contributed by atoms with Crippen LogP contribution in [0, 0.1) is 6.92 Å². The van der Waals surface area contributed by atoms with Crippen LogP contribution in [0.25, 0.3) is 0 Å². The van der Waals surface area contributed by atoms with Crippen LogP contribution in [-0.4, -0.2) is 38.0 Å². The predicted octanol–water partition coefficient (Wildman–Crippen LogP) is 1.98. The molecule has 2 rings (SSSR count). The summed E-state index contributed by atoms with van der Waals surface area (Å²) in [5.41, 5.74) is 6.32. The Morgan fingerprint density at radius 3 is 2.24 bits per heavy atom. The molecule has 0 unspecified atom stereocenters. The monoisotopic (exact) mass is 399 g/mol. The molecule has 0 saturated carbocycles. The topological polar surface area (TPSA) is 106 Å². The normalized spacial score (nSPS) is 10.0.